The van der Waals surface area contributed by atoms with Crippen molar-refractivity contribution in [2.75, 3.05) is 25.5 Å². The molecule has 1 amide bonds. The quantitative estimate of drug-likeness (QED) is 0.766. The number of nitrogens with zero attached hydrogens (tertiary/aromatic N) is 2. The average molecular weight is 347 g/mol. The van der Waals surface area contributed by atoms with Crippen LogP contribution in [-0.4, -0.2) is 47.0 Å². The average Bonchev–Trinajstić information content (AvgIpc) is 2.92. The number of hydrogen-bond acceptors (Lipinski definition) is 5. The second-order valence-corrected chi connectivity index (χ2v) is 6.84. The van der Waals surface area contributed by atoms with E-state index < -0.39 is 5.97 Å². The van der Waals surface area contributed by atoms with Crippen LogP contribution in [0.3, 0.4) is 0 Å². The van der Waals surface area contributed by atoms with E-state index in [4.69, 9.17) is 5.11 Å². The lowest BCUT2D eigenvalue weighted by Gasteiger charge is -2.13. The summed E-state index contributed by atoms with van der Waals surface area (Å²) in [5.74, 6) is -1.07. The zero-order valence-electron chi connectivity index (χ0n) is 13.8. The van der Waals surface area contributed by atoms with Gasteiger partial charge in [-0.05, 0) is 19.5 Å². The van der Waals surface area contributed by atoms with E-state index in [-0.39, 0.29) is 18.9 Å². The molecule has 1 aromatic carbocycles. The predicted octanol–water partition coefficient (Wildman–Crippen LogP) is 2.39. The number of hydrogen-bond donors (Lipinski definition) is 2. The molecule has 0 aliphatic carbocycles. The van der Waals surface area contributed by atoms with Gasteiger partial charge in [0.25, 0.3) is 0 Å². The maximum Gasteiger partial charge on any atom is 0.304 e. The highest BCUT2D eigenvalue weighted by atomic mass is 32.1. The number of rotatable bonds is 8. The molecular formula is C17H21N3O3S. The second kappa shape index (κ2) is 8.56. The van der Waals surface area contributed by atoms with Crippen LogP contribution in [0.4, 0.5) is 5.13 Å². The summed E-state index contributed by atoms with van der Waals surface area (Å²) in [6, 6.07) is 8.29. The van der Waals surface area contributed by atoms with E-state index in [1.54, 1.807) is 18.1 Å². The smallest absolute Gasteiger partial charge is 0.304 e. The summed E-state index contributed by atoms with van der Waals surface area (Å²) in [4.78, 5) is 29.4. The largest absolute Gasteiger partial charge is 0.481 e. The van der Waals surface area contributed by atoms with E-state index in [1.807, 2.05) is 6.07 Å². The van der Waals surface area contributed by atoms with Gasteiger partial charge in [0.1, 0.15) is 0 Å². The molecule has 2 rings (SSSR count). The maximum absolute atomic E-state index is 11.9. The third-order valence-electron chi connectivity index (χ3n) is 3.38. The van der Waals surface area contributed by atoms with Crippen LogP contribution in [0.1, 0.15) is 22.4 Å². The Labute approximate surface area is 145 Å². The van der Waals surface area contributed by atoms with Crippen LogP contribution in [-0.2, 0) is 16.0 Å². The fraction of sp³-hybridized carbons (Fsp3) is 0.353. The Balaban J connectivity index is 1.84. The summed E-state index contributed by atoms with van der Waals surface area (Å²) >= 11 is 1.45. The molecule has 6 nitrogen and oxygen atoms in total. The number of aromatic nitrogens is 1. The van der Waals surface area contributed by atoms with Crippen molar-refractivity contribution in [3.8, 4) is 0 Å². The van der Waals surface area contributed by atoms with Crippen molar-refractivity contribution < 1.29 is 14.7 Å². The topological polar surface area (TPSA) is 82.5 Å². The summed E-state index contributed by atoms with van der Waals surface area (Å²) in [6.45, 7) is 2.53. The second-order valence-electron chi connectivity index (χ2n) is 5.73. The monoisotopic (exact) mass is 347 g/mol. The summed E-state index contributed by atoms with van der Waals surface area (Å²) in [5.41, 5.74) is 2.43. The molecule has 2 N–H and O–H groups in total. The third kappa shape index (κ3) is 6.10. The number of amides is 1. The van der Waals surface area contributed by atoms with Gasteiger partial charge in [0.2, 0.25) is 5.91 Å². The zero-order chi connectivity index (χ0) is 17.5. The Kier molecular flexibility index (Phi) is 6.45. The number of anilines is 1. The number of nitrogens with one attached hydrogen (secondary N) is 1. The number of thiazole rings is 1. The molecule has 0 atom stereocenters. The normalized spacial score (nSPS) is 10.8. The van der Waals surface area contributed by atoms with Crippen LogP contribution < -0.4 is 5.32 Å². The SMILES string of the molecule is Cc1cccc(Cc2cnc(NC(=O)CN(C)CCC(=O)O)s2)c1. The first kappa shape index (κ1) is 18.1. The van der Waals surface area contributed by atoms with Gasteiger partial charge in [0, 0.05) is 24.0 Å². The molecule has 0 aliphatic rings. The zero-order valence-corrected chi connectivity index (χ0v) is 14.6. The lowest BCUT2D eigenvalue weighted by Crippen LogP contribution is -2.31. The van der Waals surface area contributed by atoms with Crippen molar-refractivity contribution in [1.29, 1.82) is 0 Å². The molecule has 24 heavy (non-hydrogen) atoms. The molecule has 128 valence electrons. The molecule has 0 aliphatic heterocycles. The van der Waals surface area contributed by atoms with E-state index in [1.165, 1.54) is 22.5 Å². The molecule has 7 heteroatoms. The lowest BCUT2D eigenvalue weighted by molar-refractivity contribution is -0.137. The van der Waals surface area contributed by atoms with Gasteiger partial charge in [0.05, 0.1) is 13.0 Å². The highest BCUT2D eigenvalue weighted by Crippen LogP contribution is 2.21. The van der Waals surface area contributed by atoms with E-state index >= 15 is 0 Å². The Morgan fingerprint density at radius 2 is 2.17 bits per heavy atom. The molecule has 0 saturated carbocycles. The third-order valence-corrected chi connectivity index (χ3v) is 4.29. The number of carboxylic acids is 1. The Morgan fingerprint density at radius 1 is 1.38 bits per heavy atom. The van der Waals surface area contributed by atoms with Gasteiger partial charge in [-0.2, -0.15) is 0 Å². The van der Waals surface area contributed by atoms with Crippen molar-refractivity contribution in [3.63, 3.8) is 0 Å². The minimum Gasteiger partial charge on any atom is -0.481 e. The van der Waals surface area contributed by atoms with Gasteiger partial charge >= 0.3 is 5.97 Å². The van der Waals surface area contributed by atoms with Crippen molar-refractivity contribution >= 4 is 28.3 Å². The van der Waals surface area contributed by atoms with Crippen molar-refractivity contribution in [2.24, 2.45) is 0 Å². The van der Waals surface area contributed by atoms with Gasteiger partial charge in [-0.15, -0.1) is 11.3 Å². The van der Waals surface area contributed by atoms with Crippen molar-refractivity contribution in [1.82, 2.24) is 9.88 Å². The fourth-order valence-electron chi connectivity index (χ4n) is 2.24. The standard InChI is InChI=1S/C17H21N3O3S/c1-12-4-3-5-13(8-12)9-14-10-18-17(24-14)19-15(21)11-20(2)7-6-16(22)23/h3-5,8,10H,6-7,9,11H2,1-2H3,(H,22,23)(H,18,19,21). The summed E-state index contributed by atoms with van der Waals surface area (Å²) < 4.78 is 0. The van der Waals surface area contributed by atoms with E-state index in [0.29, 0.717) is 11.7 Å². The maximum atomic E-state index is 11.9. The molecule has 0 bridgehead atoms. The number of likely N-dealkylation sites (N-methyl/N-ethyl adjacent to an activating group) is 1. The minimum atomic E-state index is -0.872. The van der Waals surface area contributed by atoms with E-state index in [2.05, 4.69) is 35.4 Å². The van der Waals surface area contributed by atoms with Crippen LogP contribution >= 0.6 is 11.3 Å². The molecule has 0 fully saturated rings. The lowest BCUT2D eigenvalue weighted by atomic mass is 10.1. The highest BCUT2D eigenvalue weighted by Gasteiger charge is 2.11. The fourth-order valence-corrected chi connectivity index (χ4v) is 3.10. The first-order valence-corrected chi connectivity index (χ1v) is 8.44. The van der Waals surface area contributed by atoms with Crippen LogP contribution in [0.15, 0.2) is 30.5 Å². The first-order valence-electron chi connectivity index (χ1n) is 7.63. The number of carbonyl (C=O) groups excluding carboxylic acids is 1. The Morgan fingerprint density at radius 3 is 2.88 bits per heavy atom. The number of benzene rings is 1. The predicted molar refractivity (Wildman–Crippen MR) is 94.5 cm³/mol. The molecule has 0 spiro atoms. The van der Waals surface area contributed by atoms with Gasteiger partial charge in [-0.3, -0.25) is 14.5 Å². The molecule has 0 unspecified atom stereocenters. The van der Waals surface area contributed by atoms with Crippen molar-refractivity contribution in [3.05, 3.63) is 46.5 Å². The number of aliphatic carboxylic acids is 1. The van der Waals surface area contributed by atoms with E-state index in [0.717, 1.165) is 11.3 Å². The first-order chi connectivity index (χ1) is 11.4. The van der Waals surface area contributed by atoms with Gasteiger partial charge in [-0.25, -0.2) is 4.98 Å². The molecule has 0 radical (unpaired) electrons. The number of aryl methyl sites for hydroxylation is 1. The van der Waals surface area contributed by atoms with Gasteiger partial charge in [-0.1, -0.05) is 29.8 Å². The van der Waals surface area contributed by atoms with E-state index in [9.17, 15) is 9.59 Å². The molecule has 0 saturated heterocycles. The minimum absolute atomic E-state index is 0.0155. The van der Waals surface area contributed by atoms with Crippen LogP contribution in [0.5, 0.6) is 0 Å². The summed E-state index contributed by atoms with van der Waals surface area (Å²) in [5, 5.41) is 12.0. The summed E-state index contributed by atoms with van der Waals surface area (Å²) in [7, 11) is 1.72. The number of carboxylic acid groups (broad SMARTS) is 1. The number of carbonyl (C=O) groups is 2. The highest BCUT2D eigenvalue weighted by molar-refractivity contribution is 7.15. The van der Waals surface area contributed by atoms with Crippen LogP contribution in [0.2, 0.25) is 0 Å². The van der Waals surface area contributed by atoms with Gasteiger partial charge < -0.3 is 10.4 Å². The summed E-state index contributed by atoms with van der Waals surface area (Å²) in [6.07, 6.45) is 2.58. The molecule has 1 heterocycles. The van der Waals surface area contributed by atoms with Crippen LogP contribution in [0, 0.1) is 6.92 Å². The Bertz CT molecular complexity index is 715. The van der Waals surface area contributed by atoms with Crippen LogP contribution in [0.25, 0.3) is 0 Å². The van der Waals surface area contributed by atoms with Crippen molar-refractivity contribution in [2.45, 2.75) is 19.8 Å². The molecule has 2 aromatic rings. The van der Waals surface area contributed by atoms with Gasteiger partial charge in [0.15, 0.2) is 5.13 Å². The molecule has 1 aromatic heterocycles. The molecular weight excluding hydrogens is 326 g/mol. The Hall–Kier alpha value is -2.25.